The number of benzene rings is 1. The van der Waals surface area contributed by atoms with E-state index in [1.165, 1.54) is 30.2 Å². The topological polar surface area (TPSA) is 63.1 Å². The summed E-state index contributed by atoms with van der Waals surface area (Å²) in [5.74, 6) is 1.37. The van der Waals surface area contributed by atoms with Gasteiger partial charge in [-0.3, -0.25) is 9.36 Å². The molecule has 0 radical (unpaired) electrons. The van der Waals surface area contributed by atoms with E-state index in [2.05, 4.69) is 56.2 Å². The summed E-state index contributed by atoms with van der Waals surface area (Å²) in [5, 5.41) is 12.6. The van der Waals surface area contributed by atoms with Gasteiger partial charge in [-0.25, -0.2) is 0 Å². The maximum Gasteiger partial charge on any atom is 0.232 e. The first kappa shape index (κ1) is 16.4. The van der Waals surface area contributed by atoms with Crippen LogP contribution in [-0.2, 0) is 11.3 Å². The van der Waals surface area contributed by atoms with Crippen LogP contribution in [0.1, 0.15) is 31.2 Å². The van der Waals surface area contributed by atoms with Gasteiger partial charge in [0.2, 0.25) is 11.9 Å². The molecule has 1 N–H and O–H groups in total. The molecule has 0 spiro atoms. The number of amides is 1. The van der Waals surface area contributed by atoms with Gasteiger partial charge in [0.15, 0.2) is 5.16 Å². The van der Waals surface area contributed by atoms with Crippen molar-refractivity contribution in [3.8, 4) is 0 Å². The van der Waals surface area contributed by atoms with Gasteiger partial charge < -0.3 is 10.2 Å². The van der Waals surface area contributed by atoms with Gasteiger partial charge in [-0.2, -0.15) is 0 Å². The molecule has 2 heterocycles. The summed E-state index contributed by atoms with van der Waals surface area (Å²) < 4.78 is 2.10. The highest BCUT2D eigenvalue weighted by Crippen LogP contribution is 2.32. The summed E-state index contributed by atoms with van der Waals surface area (Å²) in [6.07, 6.45) is 4.68. The maximum absolute atomic E-state index is 12.1. The van der Waals surface area contributed by atoms with E-state index in [1.54, 1.807) is 0 Å². The lowest BCUT2D eigenvalue weighted by atomic mass is 10.2. The smallest absolute Gasteiger partial charge is 0.232 e. The molecule has 6 nitrogen and oxygen atoms in total. The van der Waals surface area contributed by atoms with Crippen LogP contribution in [-0.4, -0.2) is 39.0 Å². The van der Waals surface area contributed by atoms with Gasteiger partial charge >= 0.3 is 0 Å². The molecule has 2 aliphatic rings. The fourth-order valence-corrected chi connectivity index (χ4v) is 4.29. The van der Waals surface area contributed by atoms with Crippen molar-refractivity contribution < 1.29 is 4.79 Å². The van der Waals surface area contributed by atoms with Gasteiger partial charge in [0.1, 0.15) is 0 Å². The third-order valence-electron chi connectivity index (χ3n) is 4.88. The minimum atomic E-state index is 0.0997. The molecular formula is C18H23N5OS. The van der Waals surface area contributed by atoms with Crippen LogP contribution < -0.4 is 10.2 Å². The molecule has 4 rings (SSSR count). The molecule has 1 amide bonds. The van der Waals surface area contributed by atoms with Gasteiger partial charge in [-0.05, 0) is 31.9 Å². The second-order valence-electron chi connectivity index (χ2n) is 6.76. The monoisotopic (exact) mass is 357 g/mol. The molecule has 132 valence electrons. The van der Waals surface area contributed by atoms with E-state index in [4.69, 9.17) is 0 Å². The number of hydrogen-bond acceptors (Lipinski definition) is 5. The number of nitrogens with zero attached hydrogens (tertiary/aromatic N) is 4. The quantitative estimate of drug-likeness (QED) is 0.834. The Balaban J connectivity index is 1.39. The van der Waals surface area contributed by atoms with Crippen LogP contribution in [0, 0.1) is 6.92 Å². The number of anilines is 2. The third-order valence-corrected chi connectivity index (χ3v) is 5.85. The van der Waals surface area contributed by atoms with Crippen LogP contribution in [0.2, 0.25) is 0 Å². The van der Waals surface area contributed by atoms with Crippen LogP contribution in [0.15, 0.2) is 29.4 Å². The Kier molecular flexibility index (Phi) is 4.65. The maximum atomic E-state index is 12.1. The Morgan fingerprint density at radius 3 is 2.72 bits per heavy atom. The van der Waals surface area contributed by atoms with Crippen molar-refractivity contribution in [1.82, 2.24) is 20.1 Å². The highest BCUT2D eigenvalue weighted by molar-refractivity contribution is 7.99. The Hall–Kier alpha value is -2.02. The fraction of sp³-hybridized carbons (Fsp3) is 0.500. The first-order chi connectivity index (χ1) is 12.2. The van der Waals surface area contributed by atoms with E-state index in [-0.39, 0.29) is 5.91 Å². The second-order valence-corrected chi connectivity index (χ2v) is 7.70. The molecule has 1 aromatic heterocycles. The van der Waals surface area contributed by atoms with E-state index in [0.29, 0.717) is 11.8 Å². The number of aryl methyl sites for hydroxylation is 1. The number of carbonyl (C=O) groups is 1. The Bertz CT molecular complexity index is 751. The van der Waals surface area contributed by atoms with Gasteiger partial charge in [-0.15, -0.1) is 10.2 Å². The van der Waals surface area contributed by atoms with E-state index >= 15 is 0 Å². The van der Waals surface area contributed by atoms with Crippen LogP contribution in [0.4, 0.5) is 11.6 Å². The number of rotatable bonds is 5. The van der Waals surface area contributed by atoms with Crippen molar-refractivity contribution in [2.75, 3.05) is 17.2 Å². The Morgan fingerprint density at radius 1 is 1.20 bits per heavy atom. The Labute approximate surface area is 152 Å². The summed E-state index contributed by atoms with van der Waals surface area (Å²) >= 11 is 1.47. The standard InChI is InChI=1S/C18H23N5OS/c1-13-6-8-15(9-7-13)22-10-11-23-17(22)20-21-18(23)25-12-16(24)19-14-4-2-3-5-14/h6-9,14H,2-5,10-12H2,1H3,(H,19,24). The van der Waals surface area contributed by atoms with E-state index in [1.807, 2.05) is 0 Å². The minimum Gasteiger partial charge on any atom is -0.353 e. The number of fused-ring (bicyclic) bond motifs is 1. The molecule has 25 heavy (non-hydrogen) atoms. The molecule has 0 saturated heterocycles. The minimum absolute atomic E-state index is 0.0997. The summed E-state index contributed by atoms with van der Waals surface area (Å²) in [5.41, 5.74) is 2.38. The van der Waals surface area contributed by atoms with Gasteiger partial charge in [-0.1, -0.05) is 42.3 Å². The molecule has 1 aliphatic heterocycles. The molecule has 1 saturated carbocycles. The van der Waals surface area contributed by atoms with E-state index in [0.717, 1.165) is 42.7 Å². The zero-order valence-electron chi connectivity index (χ0n) is 14.4. The predicted octanol–water partition coefficient (Wildman–Crippen LogP) is 2.89. The van der Waals surface area contributed by atoms with Crippen molar-refractivity contribution in [1.29, 1.82) is 0 Å². The van der Waals surface area contributed by atoms with Gasteiger partial charge in [0.25, 0.3) is 0 Å². The van der Waals surface area contributed by atoms with Crippen molar-refractivity contribution in [3.05, 3.63) is 29.8 Å². The predicted molar refractivity (Wildman–Crippen MR) is 99.3 cm³/mol. The molecule has 7 heteroatoms. The highest BCUT2D eigenvalue weighted by Gasteiger charge is 2.26. The molecule has 0 atom stereocenters. The van der Waals surface area contributed by atoms with Crippen molar-refractivity contribution in [3.63, 3.8) is 0 Å². The fourth-order valence-electron chi connectivity index (χ4n) is 3.52. The summed E-state index contributed by atoms with van der Waals surface area (Å²) in [6, 6.07) is 8.81. The van der Waals surface area contributed by atoms with Crippen molar-refractivity contribution in [2.24, 2.45) is 0 Å². The lowest BCUT2D eigenvalue weighted by Gasteiger charge is -2.15. The molecule has 0 bridgehead atoms. The average molecular weight is 357 g/mol. The van der Waals surface area contributed by atoms with Gasteiger partial charge in [0, 0.05) is 24.8 Å². The van der Waals surface area contributed by atoms with Crippen LogP contribution in [0.25, 0.3) is 0 Å². The number of hydrogen-bond donors (Lipinski definition) is 1. The SMILES string of the molecule is Cc1ccc(N2CCn3c(SCC(=O)NC4CCCC4)nnc32)cc1. The lowest BCUT2D eigenvalue weighted by Crippen LogP contribution is -2.33. The highest BCUT2D eigenvalue weighted by atomic mass is 32.2. The summed E-state index contributed by atoms with van der Waals surface area (Å²) in [6.45, 7) is 3.82. The van der Waals surface area contributed by atoms with Crippen molar-refractivity contribution >= 4 is 29.3 Å². The largest absolute Gasteiger partial charge is 0.353 e. The normalized spacial score (nSPS) is 17.1. The molecule has 1 fully saturated rings. The number of nitrogens with one attached hydrogen (secondary N) is 1. The average Bonchev–Trinajstić information content (AvgIpc) is 3.32. The zero-order valence-corrected chi connectivity index (χ0v) is 15.3. The molecular weight excluding hydrogens is 334 g/mol. The first-order valence-electron chi connectivity index (χ1n) is 8.90. The van der Waals surface area contributed by atoms with Crippen LogP contribution in [0.3, 0.4) is 0 Å². The number of carbonyl (C=O) groups excluding carboxylic acids is 1. The van der Waals surface area contributed by atoms with Crippen molar-refractivity contribution in [2.45, 2.75) is 50.4 Å². The Morgan fingerprint density at radius 2 is 1.96 bits per heavy atom. The number of thioether (sulfide) groups is 1. The number of aromatic nitrogens is 3. The molecule has 1 aliphatic carbocycles. The van der Waals surface area contributed by atoms with E-state index < -0.39 is 0 Å². The third kappa shape index (κ3) is 3.51. The van der Waals surface area contributed by atoms with Crippen LogP contribution >= 0.6 is 11.8 Å². The first-order valence-corrected chi connectivity index (χ1v) is 9.89. The lowest BCUT2D eigenvalue weighted by molar-refractivity contribution is -0.119. The zero-order chi connectivity index (χ0) is 17.2. The molecule has 2 aromatic rings. The second kappa shape index (κ2) is 7.07. The van der Waals surface area contributed by atoms with Crippen LogP contribution in [0.5, 0.6) is 0 Å². The molecule has 0 unspecified atom stereocenters. The van der Waals surface area contributed by atoms with Gasteiger partial charge in [0.05, 0.1) is 5.75 Å². The summed E-state index contributed by atoms with van der Waals surface area (Å²) in [7, 11) is 0. The van der Waals surface area contributed by atoms with E-state index in [9.17, 15) is 4.79 Å². The summed E-state index contributed by atoms with van der Waals surface area (Å²) in [4.78, 5) is 14.3. The molecule has 1 aromatic carbocycles.